The van der Waals surface area contributed by atoms with Gasteiger partial charge in [-0.25, -0.2) is 4.98 Å². The molecule has 0 unspecified atom stereocenters. The molecule has 0 aliphatic heterocycles. The molecular weight excluding hydrogens is 395 g/mol. The minimum atomic E-state index is -4.48. The van der Waals surface area contributed by atoms with E-state index >= 15 is 0 Å². The van der Waals surface area contributed by atoms with Gasteiger partial charge in [-0.1, -0.05) is 11.6 Å². The van der Waals surface area contributed by atoms with Crippen molar-refractivity contribution in [3.8, 4) is 23.2 Å². The molecule has 0 aliphatic rings. The van der Waals surface area contributed by atoms with Crippen molar-refractivity contribution < 1.29 is 17.9 Å². The molecule has 1 aromatic carbocycles. The summed E-state index contributed by atoms with van der Waals surface area (Å²) in [7, 11) is 1.46. The fraction of sp³-hybridized carbons (Fsp3) is 0.111. The third kappa shape index (κ3) is 3.24. The number of pyridine rings is 1. The lowest BCUT2D eigenvalue weighted by atomic mass is 10.2. The van der Waals surface area contributed by atoms with E-state index in [-0.39, 0.29) is 5.52 Å². The van der Waals surface area contributed by atoms with E-state index in [2.05, 4.69) is 20.2 Å². The summed E-state index contributed by atoms with van der Waals surface area (Å²) < 4.78 is 45.9. The van der Waals surface area contributed by atoms with Gasteiger partial charge in [-0.3, -0.25) is 9.55 Å². The maximum absolute atomic E-state index is 13.1. The molecule has 142 valence electrons. The Morgan fingerprint density at radius 2 is 1.86 bits per heavy atom. The van der Waals surface area contributed by atoms with Crippen LogP contribution >= 0.6 is 11.6 Å². The third-order valence-electron chi connectivity index (χ3n) is 4.00. The zero-order chi connectivity index (χ0) is 19.9. The monoisotopic (exact) mass is 405 g/mol. The maximum Gasteiger partial charge on any atom is 0.416 e. The van der Waals surface area contributed by atoms with Crippen molar-refractivity contribution in [2.45, 2.75) is 6.18 Å². The summed E-state index contributed by atoms with van der Waals surface area (Å²) in [5, 5.41) is 8.44. The van der Waals surface area contributed by atoms with E-state index in [9.17, 15) is 13.2 Å². The van der Waals surface area contributed by atoms with Crippen molar-refractivity contribution >= 4 is 22.6 Å². The van der Waals surface area contributed by atoms with Crippen LogP contribution in [0.1, 0.15) is 5.56 Å². The summed E-state index contributed by atoms with van der Waals surface area (Å²) in [6.07, 6.45) is -3.04. The Labute approximate surface area is 161 Å². The topological polar surface area (TPSA) is 65.7 Å². The van der Waals surface area contributed by atoms with Crippen LogP contribution in [0.2, 0.25) is 5.02 Å². The lowest BCUT2D eigenvalue weighted by Gasteiger charge is -2.09. The molecule has 0 N–H and O–H groups in total. The number of imidazole rings is 1. The zero-order valence-corrected chi connectivity index (χ0v) is 15.0. The van der Waals surface area contributed by atoms with Crippen LogP contribution in [0, 0.1) is 0 Å². The normalized spacial score (nSPS) is 11.8. The number of aromatic nitrogens is 5. The summed E-state index contributed by atoms with van der Waals surface area (Å²) >= 11 is 5.89. The molecule has 10 heteroatoms. The van der Waals surface area contributed by atoms with Crippen LogP contribution in [0.5, 0.6) is 5.88 Å². The smallest absolute Gasteiger partial charge is 0.416 e. The number of halogens is 4. The van der Waals surface area contributed by atoms with Gasteiger partial charge < -0.3 is 4.74 Å². The highest BCUT2D eigenvalue weighted by atomic mass is 35.5. The van der Waals surface area contributed by atoms with Gasteiger partial charge in [-0.2, -0.15) is 13.2 Å². The second kappa shape index (κ2) is 6.75. The highest BCUT2D eigenvalue weighted by molar-refractivity contribution is 6.30. The average molecular weight is 406 g/mol. The second-order valence-corrected chi connectivity index (χ2v) is 6.20. The lowest BCUT2D eigenvalue weighted by Crippen LogP contribution is -2.05. The third-order valence-corrected chi connectivity index (χ3v) is 4.23. The molecule has 3 heterocycles. The zero-order valence-electron chi connectivity index (χ0n) is 14.3. The number of hydrogen-bond donors (Lipinski definition) is 0. The SMILES string of the molecule is COc1ccc(-n2c(-c3ccc(Cl)cn3)nc3cc(C(F)(F)F)ccc32)nn1. The summed E-state index contributed by atoms with van der Waals surface area (Å²) in [6, 6.07) is 9.80. The van der Waals surface area contributed by atoms with Crippen LogP contribution in [0.15, 0.2) is 48.7 Å². The van der Waals surface area contributed by atoms with Crippen LogP contribution in [0.25, 0.3) is 28.4 Å². The minimum Gasteiger partial charge on any atom is -0.480 e. The van der Waals surface area contributed by atoms with E-state index in [1.807, 2.05) is 0 Å². The number of alkyl halides is 3. The molecule has 0 amide bonds. The van der Waals surface area contributed by atoms with Crippen LogP contribution in [0.4, 0.5) is 13.2 Å². The van der Waals surface area contributed by atoms with E-state index in [0.717, 1.165) is 12.1 Å². The molecule has 28 heavy (non-hydrogen) atoms. The Kier molecular flexibility index (Phi) is 4.38. The molecule has 0 saturated heterocycles. The molecule has 0 spiro atoms. The van der Waals surface area contributed by atoms with Gasteiger partial charge in [0.05, 0.1) is 28.7 Å². The van der Waals surface area contributed by atoms with Crippen molar-refractivity contribution in [3.05, 3.63) is 59.2 Å². The summed E-state index contributed by atoms with van der Waals surface area (Å²) in [5.41, 5.74) is 0.214. The Morgan fingerprint density at radius 1 is 1.04 bits per heavy atom. The molecule has 0 bridgehead atoms. The minimum absolute atomic E-state index is 0.152. The first kappa shape index (κ1) is 18.2. The van der Waals surface area contributed by atoms with E-state index < -0.39 is 11.7 Å². The summed E-state index contributed by atoms with van der Waals surface area (Å²) in [5.74, 6) is 0.971. The number of fused-ring (bicyclic) bond motifs is 1. The fourth-order valence-corrected chi connectivity index (χ4v) is 2.82. The number of hydrogen-bond acceptors (Lipinski definition) is 5. The van der Waals surface area contributed by atoms with Crippen molar-refractivity contribution in [3.63, 3.8) is 0 Å². The Bertz CT molecular complexity index is 1140. The van der Waals surface area contributed by atoms with Gasteiger partial charge in [0.15, 0.2) is 11.6 Å². The predicted molar refractivity (Wildman–Crippen MR) is 96.5 cm³/mol. The first-order chi connectivity index (χ1) is 13.4. The lowest BCUT2D eigenvalue weighted by molar-refractivity contribution is -0.137. The molecule has 0 aliphatic carbocycles. The van der Waals surface area contributed by atoms with Crippen molar-refractivity contribution in [1.82, 2.24) is 24.7 Å². The Hall–Kier alpha value is -3.20. The van der Waals surface area contributed by atoms with Gasteiger partial charge >= 0.3 is 6.18 Å². The predicted octanol–water partition coefficient (Wildman–Crippen LogP) is 4.56. The average Bonchev–Trinajstić information content (AvgIpc) is 3.06. The standard InChI is InChI=1S/C18H11ClF3N5O/c1-28-16-7-6-15(25-26-16)27-14-5-2-10(18(20,21)22)8-13(14)24-17(27)12-4-3-11(19)9-23-12/h2-9H,1H3. The summed E-state index contributed by atoms with van der Waals surface area (Å²) in [4.78, 5) is 8.59. The van der Waals surface area contributed by atoms with E-state index in [0.29, 0.717) is 33.8 Å². The van der Waals surface area contributed by atoms with Crippen LogP contribution in [0.3, 0.4) is 0 Å². The highest BCUT2D eigenvalue weighted by Gasteiger charge is 2.31. The molecule has 6 nitrogen and oxygen atoms in total. The largest absolute Gasteiger partial charge is 0.480 e. The molecule has 3 aromatic heterocycles. The maximum atomic E-state index is 13.1. The number of nitrogens with zero attached hydrogens (tertiary/aromatic N) is 5. The van der Waals surface area contributed by atoms with Crippen molar-refractivity contribution in [2.24, 2.45) is 0 Å². The Balaban J connectivity index is 1.98. The van der Waals surface area contributed by atoms with Crippen molar-refractivity contribution in [2.75, 3.05) is 7.11 Å². The first-order valence-corrected chi connectivity index (χ1v) is 8.34. The van der Waals surface area contributed by atoms with Gasteiger partial charge in [-0.05, 0) is 36.4 Å². The van der Waals surface area contributed by atoms with Crippen LogP contribution in [-0.2, 0) is 6.18 Å². The number of rotatable bonds is 3. The van der Waals surface area contributed by atoms with E-state index in [4.69, 9.17) is 16.3 Å². The second-order valence-electron chi connectivity index (χ2n) is 5.77. The summed E-state index contributed by atoms with van der Waals surface area (Å²) in [6.45, 7) is 0. The number of ether oxygens (including phenoxy) is 1. The molecular formula is C18H11ClF3N5O. The van der Waals surface area contributed by atoms with Crippen LogP contribution < -0.4 is 4.74 Å². The van der Waals surface area contributed by atoms with Gasteiger partial charge in [0.25, 0.3) is 0 Å². The molecule has 0 radical (unpaired) electrons. The van der Waals surface area contributed by atoms with Gasteiger partial charge in [-0.15, -0.1) is 10.2 Å². The first-order valence-electron chi connectivity index (χ1n) is 7.96. The van der Waals surface area contributed by atoms with E-state index in [1.165, 1.54) is 19.4 Å². The Morgan fingerprint density at radius 3 is 2.46 bits per heavy atom. The molecule has 0 atom stereocenters. The molecule has 0 fully saturated rings. The molecule has 4 rings (SSSR count). The van der Waals surface area contributed by atoms with E-state index in [1.54, 1.807) is 28.8 Å². The fourth-order valence-electron chi connectivity index (χ4n) is 2.71. The number of benzene rings is 1. The van der Waals surface area contributed by atoms with Gasteiger partial charge in [0.2, 0.25) is 5.88 Å². The van der Waals surface area contributed by atoms with Gasteiger partial charge in [0, 0.05) is 12.3 Å². The molecule has 0 saturated carbocycles. The van der Waals surface area contributed by atoms with Gasteiger partial charge in [0.1, 0.15) is 5.69 Å². The number of methoxy groups -OCH3 is 1. The molecule has 4 aromatic rings. The van der Waals surface area contributed by atoms with Crippen LogP contribution in [-0.4, -0.2) is 31.8 Å². The van der Waals surface area contributed by atoms with Crippen molar-refractivity contribution in [1.29, 1.82) is 0 Å². The quantitative estimate of drug-likeness (QED) is 0.500. The highest BCUT2D eigenvalue weighted by Crippen LogP contribution is 2.34.